The molecule has 198 valence electrons. The van der Waals surface area contributed by atoms with Crippen LogP contribution >= 0.6 is 0 Å². The Morgan fingerprint density at radius 3 is 2.70 bits per heavy atom. The number of esters is 1. The molecule has 0 bridgehead atoms. The van der Waals surface area contributed by atoms with Crippen LogP contribution in [0.4, 0.5) is 5.82 Å². The van der Waals surface area contributed by atoms with E-state index in [4.69, 9.17) is 9.16 Å². The Morgan fingerprint density at radius 1 is 1.16 bits per heavy atom. The number of carbonyl (C=O) groups is 1. The molecule has 0 amide bonds. The molecule has 4 atom stereocenters. The second-order valence-electron chi connectivity index (χ2n) is 12.2. The lowest BCUT2D eigenvalue weighted by molar-refractivity contribution is -0.148. The number of hydrogen-bond acceptors (Lipinski definition) is 6. The highest BCUT2D eigenvalue weighted by Gasteiger charge is 2.42. The fourth-order valence-corrected chi connectivity index (χ4v) is 6.67. The van der Waals surface area contributed by atoms with Crippen molar-refractivity contribution in [3.8, 4) is 0 Å². The van der Waals surface area contributed by atoms with E-state index in [1.54, 1.807) is 6.33 Å². The van der Waals surface area contributed by atoms with Gasteiger partial charge in [-0.15, -0.1) is 0 Å². The lowest BCUT2D eigenvalue weighted by Crippen LogP contribution is -2.42. The van der Waals surface area contributed by atoms with Gasteiger partial charge in [0.2, 0.25) is 0 Å². The Balaban J connectivity index is 1.36. The minimum atomic E-state index is -1.90. The summed E-state index contributed by atoms with van der Waals surface area (Å²) < 4.78 is 14.6. The number of nitrogens with zero attached hydrogens (tertiary/aromatic N) is 3. The van der Waals surface area contributed by atoms with Crippen molar-refractivity contribution in [1.29, 1.82) is 0 Å². The van der Waals surface area contributed by atoms with Crippen molar-refractivity contribution >= 4 is 31.1 Å². The molecular weight excluding hydrogens is 480 g/mol. The predicted octanol–water partition coefficient (Wildman–Crippen LogP) is 6.44. The number of anilines is 1. The molecule has 1 N–H and O–H groups in total. The van der Waals surface area contributed by atoms with Crippen LogP contribution in [0.5, 0.6) is 0 Å². The molecule has 3 aromatic rings. The lowest BCUT2D eigenvalue weighted by atomic mass is 10.1. The molecule has 5 rings (SSSR count). The van der Waals surface area contributed by atoms with Gasteiger partial charge in [-0.1, -0.05) is 45.0 Å². The SMILES string of the molecule is CC(=O)OC1CC(n2ccc3c(N[C@H]4CCc5ccccc54)ncnc32)CC1CO[Si](C)(C)C(C)(C)C. The molecule has 0 saturated heterocycles. The van der Waals surface area contributed by atoms with Gasteiger partial charge in [0.25, 0.3) is 0 Å². The highest BCUT2D eigenvalue weighted by atomic mass is 28.4. The molecule has 1 fully saturated rings. The average Bonchev–Trinajstić information content (AvgIpc) is 3.54. The molecule has 2 aliphatic rings. The number of carbonyl (C=O) groups excluding carboxylic acids is 1. The molecule has 37 heavy (non-hydrogen) atoms. The lowest BCUT2D eigenvalue weighted by Gasteiger charge is -2.37. The van der Waals surface area contributed by atoms with Gasteiger partial charge in [0.15, 0.2) is 8.32 Å². The predicted molar refractivity (Wildman–Crippen MR) is 149 cm³/mol. The van der Waals surface area contributed by atoms with Crippen LogP contribution < -0.4 is 5.32 Å². The van der Waals surface area contributed by atoms with Crippen LogP contribution in [0, 0.1) is 5.92 Å². The van der Waals surface area contributed by atoms with Crippen LogP contribution in [0.15, 0.2) is 42.9 Å². The quantitative estimate of drug-likeness (QED) is 0.285. The van der Waals surface area contributed by atoms with Gasteiger partial charge in [-0.3, -0.25) is 4.79 Å². The Labute approximate surface area is 221 Å². The molecule has 3 unspecified atom stereocenters. The molecule has 2 aliphatic carbocycles. The van der Waals surface area contributed by atoms with E-state index in [-0.39, 0.29) is 35.1 Å². The van der Waals surface area contributed by atoms with Gasteiger partial charge in [-0.2, -0.15) is 0 Å². The van der Waals surface area contributed by atoms with Gasteiger partial charge in [0.1, 0.15) is 23.9 Å². The number of nitrogens with one attached hydrogen (secondary N) is 1. The average molecular weight is 521 g/mol. The van der Waals surface area contributed by atoms with E-state index < -0.39 is 8.32 Å². The highest BCUT2D eigenvalue weighted by Crippen LogP contribution is 2.42. The summed E-state index contributed by atoms with van der Waals surface area (Å²) in [7, 11) is -1.90. The van der Waals surface area contributed by atoms with Crippen molar-refractivity contribution in [3.05, 3.63) is 54.0 Å². The monoisotopic (exact) mass is 520 g/mol. The summed E-state index contributed by atoms with van der Waals surface area (Å²) in [6.07, 6.45) is 7.41. The van der Waals surface area contributed by atoms with Crippen LogP contribution in [0.1, 0.15) is 70.2 Å². The first kappa shape index (κ1) is 25.9. The minimum Gasteiger partial charge on any atom is -0.462 e. The molecule has 1 aromatic carbocycles. The Bertz CT molecular complexity index is 1280. The largest absolute Gasteiger partial charge is 0.462 e. The van der Waals surface area contributed by atoms with Crippen molar-refractivity contribution in [1.82, 2.24) is 14.5 Å². The van der Waals surface area contributed by atoms with Gasteiger partial charge in [0, 0.05) is 38.1 Å². The number of aryl methyl sites for hydroxylation is 1. The van der Waals surface area contributed by atoms with Crippen molar-refractivity contribution in [3.63, 3.8) is 0 Å². The van der Waals surface area contributed by atoms with Gasteiger partial charge < -0.3 is 19.0 Å². The van der Waals surface area contributed by atoms with Gasteiger partial charge in [-0.05, 0) is 54.6 Å². The standard InChI is InChI=1S/C29H40N4O3Si/c1-19(34)36-26-16-22(15-21(26)17-35-37(5,6)29(2,3)4)33-14-13-24-27(30-18-31-28(24)33)32-25-12-11-20-9-7-8-10-23(20)25/h7-10,13-14,18,21-22,25-26H,11-12,15-17H2,1-6H3,(H,30,31,32)/t21?,22?,25-,26?/m0/s1. The molecule has 0 aliphatic heterocycles. The number of hydrogen-bond donors (Lipinski definition) is 1. The first-order valence-corrected chi connectivity index (χ1v) is 16.4. The van der Waals surface area contributed by atoms with Crippen molar-refractivity contribution < 1.29 is 14.0 Å². The van der Waals surface area contributed by atoms with Crippen LogP contribution in [0.25, 0.3) is 11.0 Å². The Kier molecular flexibility index (Phi) is 6.91. The van der Waals surface area contributed by atoms with Gasteiger partial charge in [-0.25, -0.2) is 9.97 Å². The fraction of sp³-hybridized carbons (Fsp3) is 0.552. The molecule has 7 nitrogen and oxygen atoms in total. The zero-order valence-corrected chi connectivity index (χ0v) is 24.0. The summed E-state index contributed by atoms with van der Waals surface area (Å²) in [6.45, 7) is 13.4. The molecule has 2 aromatic heterocycles. The second-order valence-corrected chi connectivity index (χ2v) is 17.0. The van der Waals surface area contributed by atoms with Gasteiger partial charge in [0.05, 0.1) is 11.4 Å². The number of aromatic nitrogens is 3. The van der Waals surface area contributed by atoms with Crippen LogP contribution in [0.3, 0.4) is 0 Å². The van der Waals surface area contributed by atoms with Crippen molar-refractivity contribution in [2.24, 2.45) is 5.92 Å². The first-order valence-electron chi connectivity index (χ1n) is 13.5. The third-order valence-corrected chi connectivity index (χ3v) is 13.2. The second kappa shape index (κ2) is 9.87. The number of ether oxygens (including phenoxy) is 1. The van der Waals surface area contributed by atoms with E-state index in [9.17, 15) is 4.79 Å². The highest BCUT2D eigenvalue weighted by molar-refractivity contribution is 6.74. The number of fused-ring (bicyclic) bond motifs is 2. The molecule has 1 saturated carbocycles. The summed E-state index contributed by atoms with van der Waals surface area (Å²) in [5.41, 5.74) is 3.69. The third kappa shape index (κ3) is 5.18. The van der Waals surface area contributed by atoms with Crippen LogP contribution in [-0.2, 0) is 20.4 Å². The zero-order chi connectivity index (χ0) is 26.4. The molecular formula is C29H40N4O3Si. The maximum absolute atomic E-state index is 11.9. The maximum Gasteiger partial charge on any atom is 0.302 e. The van der Waals surface area contributed by atoms with E-state index in [0.717, 1.165) is 42.5 Å². The van der Waals surface area contributed by atoms with Crippen LogP contribution in [-0.4, -0.2) is 41.5 Å². The Hall–Kier alpha value is -2.71. The van der Waals surface area contributed by atoms with E-state index in [2.05, 4.69) is 90.2 Å². The van der Waals surface area contributed by atoms with Crippen molar-refractivity contribution in [2.45, 2.75) is 89.7 Å². The minimum absolute atomic E-state index is 0.138. The summed E-state index contributed by atoms with van der Waals surface area (Å²) in [6, 6.07) is 11.2. The summed E-state index contributed by atoms with van der Waals surface area (Å²) >= 11 is 0. The normalized spacial score (nSPS) is 23.8. The van der Waals surface area contributed by atoms with E-state index in [1.807, 2.05) is 0 Å². The van der Waals surface area contributed by atoms with E-state index >= 15 is 0 Å². The maximum atomic E-state index is 11.9. The van der Waals surface area contributed by atoms with Crippen LogP contribution in [0.2, 0.25) is 18.1 Å². The van der Waals surface area contributed by atoms with E-state index in [1.165, 1.54) is 18.1 Å². The topological polar surface area (TPSA) is 78.3 Å². The number of benzene rings is 1. The fourth-order valence-electron chi connectivity index (χ4n) is 5.60. The summed E-state index contributed by atoms with van der Waals surface area (Å²) in [5, 5.41) is 4.85. The zero-order valence-electron chi connectivity index (χ0n) is 23.0. The molecule has 0 spiro atoms. The molecule has 8 heteroatoms. The smallest absolute Gasteiger partial charge is 0.302 e. The van der Waals surface area contributed by atoms with Gasteiger partial charge >= 0.3 is 5.97 Å². The first-order chi connectivity index (χ1) is 17.5. The summed E-state index contributed by atoms with van der Waals surface area (Å²) in [4.78, 5) is 21.2. The number of rotatable bonds is 7. The Morgan fingerprint density at radius 2 is 1.95 bits per heavy atom. The molecule has 0 radical (unpaired) electrons. The molecule has 2 heterocycles. The van der Waals surface area contributed by atoms with Crippen molar-refractivity contribution in [2.75, 3.05) is 11.9 Å². The third-order valence-electron chi connectivity index (χ3n) is 8.73. The summed E-state index contributed by atoms with van der Waals surface area (Å²) in [5.74, 6) is 0.804. The van der Waals surface area contributed by atoms with E-state index in [0.29, 0.717) is 6.61 Å².